The van der Waals surface area contributed by atoms with Gasteiger partial charge in [-0.2, -0.15) is 0 Å². The summed E-state index contributed by atoms with van der Waals surface area (Å²) in [6.45, 7) is 5.81. The van der Waals surface area contributed by atoms with Gasteiger partial charge in [0.1, 0.15) is 17.7 Å². The third-order valence-electron chi connectivity index (χ3n) is 9.51. The molecule has 3 aromatic carbocycles. The summed E-state index contributed by atoms with van der Waals surface area (Å²) < 4.78 is 10.7. The number of ether oxygens (including phenoxy) is 2. The maximum atomic E-state index is 15.0. The van der Waals surface area contributed by atoms with Gasteiger partial charge in [0.05, 0.1) is 18.8 Å². The first kappa shape index (κ1) is 32.3. The van der Waals surface area contributed by atoms with Crippen molar-refractivity contribution in [3.63, 3.8) is 0 Å². The van der Waals surface area contributed by atoms with Crippen LogP contribution in [0.15, 0.2) is 78.9 Å². The van der Waals surface area contributed by atoms with Crippen molar-refractivity contribution in [3.05, 3.63) is 101 Å². The lowest BCUT2D eigenvalue weighted by Crippen LogP contribution is -2.57. The summed E-state index contributed by atoms with van der Waals surface area (Å²) >= 11 is 0. The zero-order chi connectivity index (χ0) is 33.3. The molecule has 4 atom stereocenters. The van der Waals surface area contributed by atoms with E-state index in [9.17, 15) is 19.2 Å². The van der Waals surface area contributed by atoms with E-state index in [0.29, 0.717) is 44.3 Å². The molecule has 3 amide bonds. The van der Waals surface area contributed by atoms with Crippen LogP contribution in [-0.4, -0.2) is 64.5 Å². The van der Waals surface area contributed by atoms with Crippen LogP contribution in [0.5, 0.6) is 0 Å². The number of rotatable bonds is 6. The van der Waals surface area contributed by atoms with E-state index < -0.39 is 23.8 Å². The number of amides is 3. The second-order valence-electron chi connectivity index (χ2n) is 13.7. The maximum Gasteiger partial charge on any atom is 0.415 e. The normalized spacial score (nSPS) is 22.0. The van der Waals surface area contributed by atoms with Crippen molar-refractivity contribution in [2.75, 3.05) is 12.0 Å². The van der Waals surface area contributed by atoms with Crippen molar-refractivity contribution in [2.24, 2.45) is 0 Å². The van der Waals surface area contributed by atoms with Gasteiger partial charge < -0.3 is 19.3 Å². The molecular formula is C38H43N3O6. The molecule has 9 nitrogen and oxygen atoms in total. The van der Waals surface area contributed by atoms with Crippen LogP contribution >= 0.6 is 0 Å². The molecule has 0 spiro atoms. The molecule has 47 heavy (non-hydrogen) atoms. The Bertz CT molecular complexity index is 1650. The molecule has 0 bridgehead atoms. The van der Waals surface area contributed by atoms with Crippen molar-refractivity contribution in [1.29, 1.82) is 0 Å². The van der Waals surface area contributed by atoms with Crippen molar-refractivity contribution in [2.45, 2.75) is 95.6 Å². The molecule has 3 heterocycles. The van der Waals surface area contributed by atoms with Crippen molar-refractivity contribution < 1.29 is 28.7 Å². The third kappa shape index (κ3) is 6.62. The Morgan fingerprint density at radius 1 is 0.766 bits per heavy atom. The minimum atomic E-state index is -0.862. The van der Waals surface area contributed by atoms with Gasteiger partial charge in [-0.25, -0.2) is 4.79 Å². The number of fused-ring (bicyclic) bond motifs is 2. The van der Waals surface area contributed by atoms with Crippen LogP contribution in [0.1, 0.15) is 74.8 Å². The molecule has 1 saturated heterocycles. The zero-order valence-corrected chi connectivity index (χ0v) is 27.6. The zero-order valence-electron chi connectivity index (χ0n) is 27.6. The molecule has 9 heteroatoms. The maximum absolute atomic E-state index is 15.0. The summed E-state index contributed by atoms with van der Waals surface area (Å²) in [5.41, 5.74) is 3.93. The van der Waals surface area contributed by atoms with Gasteiger partial charge in [-0.3, -0.25) is 19.3 Å². The largest absolute Gasteiger partial charge is 0.469 e. The van der Waals surface area contributed by atoms with E-state index in [1.54, 1.807) is 25.7 Å². The minimum Gasteiger partial charge on any atom is -0.469 e. The third-order valence-corrected chi connectivity index (χ3v) is 9.51. The van der Waals surface area contributed by atoms with E-state index in [1.807, 2.05) is 77.7 Å². The lowest BCUT2D eigenvalue weighted by molar-refractivity contribution is -0.149. The van der Waals surface area contributed by atoms with Crippen molar-refractivity contribution in [1.82, 2.24) is 9.80 Å². The fourth-order valence-electron chi connectivity index (χ4n) is 7.34. The lowest BCUT2D eigenvalue weighted by atomic mass is 9.90. The fourth-order valence-corrected chi connectivity index (χ4v) is 7.34. The summed E-state index contributed by atoms with van der Waals surface area (Å²) in [4.78, 5) is 60.7. The molecular weight excluding hydrogens is 594 g/mol. The molecule has 0 N–H and O–H groups in total. The summed E-state index contributed by atoms with van der Waals surface area (Å²) in [6, 6.07) is 23.2. The Morgan fingerprint density at radius 2 is 1.43 bits per heavy atom. The van der Waals surface area contributed by atoms with Crippen LogP contribution in [0, 0.1) is 0 Å². The smallest absolute Gasteiger partial charge is 0.415 e. The van der Waals surface area contributed by atoms with Gasteiger partial charge in [-0.15, -0.1) is 0 Å². The van der Waals surface area contributed by atoms with E-state index >= 15 is 0 Å². The predicted octanol–water partition coefficient (Wildman–Crippen LogP) is 5.99. The first-order valence-electron chi connectivity index (χ1n) is 16.5. The molecule has 0 unspecified atom stereocenters. The van der Waals surface area contributed by atoms with E-state index in [1.165, 1.54) is 12.0 Å². The highest BCUT2D eigenvalue weighted by atomic mass is 16.6. The van der Waals surface area contributed by atoms with Crippen LogP contribution in [0.25, 0.3) is 0 Å². The second-order valence-corrected chi connectivity index (χ2v) is 13.7. The second kappa shape index (κ2) is 13.2. The number of hydrogen-bond acceptors (Lipinski definition) is 6. The number of benzene rings is 3. The SMILES string of the molecule is COC(=O)CC[C@@H]1Cc2ccccc2CN1C(=O)[C@H]1CC[C@@H](c2ccccc2)N1C(=O)[C@H]1Cc2ccccc2N1C(=O)OC(C)(C)C. The predicted molar refractivity (Wildman–Crippen MR) is 177 cm³/mol. The van der Waals surface area contributed by atoms with Gasteiger partial charge in [0.2, 0.25) is 11.8 Å². The molecule has 0 aliphatic carbocycles. The summed E-state index contributed by atoms with van der Waals surface area (Å²) in [6.07, 6.45) is 2.10. The van der Waals surface area contributed by atoms with Gasteiger partial charge in [-0.05, 0) is 74.8 Å². The topological polar surface area (TPSA) is 96.5 Å². The first-order chi connectivity index (χ1) is 22.6. The molecule has 1 fully saturated rings. The number of esters is 1. The Labute approximate surface area is 276 Å². The average Bonchev–Trinajstić information content (AvgIpc) is 3.68. The molecule has 3 aromatic rings. The summed E-state index contributed by atoms with van der Waals surface area (Å²) in [5, 5.41) is 0. The number of likely N-dealkylation sites (tertiary alicyclic amines) is 1. The molecule has 246 valence electrons. The molecule has 3 aliphatic rings. The lowest BCUT2D eigenvalue weighted by Gasteiger charge is -2.41. The summed E-state index contributed by atoms with van der Waals surface area (Å²) in [7, 11) is 1.37. The fraction of sp³-hybridized carbons (Fsp3) is 0.421. The number of hydrogen-bond donors (Lipinski definition) is 0. The molecule has 6 rings (SSSR count). The molecule has 0 saturated carbocycles. The molecule has 0 aromatic heterocycles. The monoisotopic (exact) mass is 637 g/mol. The van der Waals surface area contributed by atoms with Crippen LogP contribution in [0.2, 0.25) is 0 Å². The molecule has 0 radical (unpaired) electrons. The first-order valence-corrected chi connectivity index (χ1v) is 16.5. The van der Waals surface area contributed by atoms with Crippen LogP contribution in [0.3, 0.4) is 0 Å². The van der Waals surface area contributed by atoms with E-state index in [4.69, 9.17) is 9.47 Å². The summed E-state index contributed by atoms with van der Waals surface area (Å²) in [5.74, 6) is -0.734. The number of para-hydroxylation sites is 1. The highest BCUT2D eigenvalue weighted by Crippen LogP contribution is 2.42. The average molecular weight is 638 g/mol. The van der Waals surface area contributed by atoms with Crippen LogP contribution in [-0.2, 0) is 43.2 Å². The highest BCUT2D eigenvalue weighted by molar-refractivity contribution is 6.02. The Morgan fingerprint density at radius 3 is 2.13 bits per heavy atom. The van der Waals surface area contributed by atoms with Gasteiger partial charge in [0.25, 0.3) is 0 Å². The number of carbonyl (C=O) groups is 4. The number of nitrogens with zero attached hydrogens (tertiary/aromatic N) is 3. The Kier molecular flexibility index (Phi) is 9.08. The Hall–Kier alpha value is -4.66. The quantitative estimate of drug-likeness (QED) is 0.308. The number of methoxy groups -OCH3 is 1. The van der Waals surface area contributed by atoms with Gasteiger partial charge in [-0.1, -0.05) is 72.8 Å². The van der Waals surface area contributed by atoms with E-state index in [-0.39, 0.29) is 36.3 Å². The number of anilines is 1. The van der Waals surface area contributed by atoms with E-state index in [0.717, 1.165) is 22.3 Å². The molecule has 3 aliphatic heterocycles. The van der Waals surface area contributed by atoms with Crippen LogP contribution < -0.4 is 4.90 Å². The van der Waals surface area contributed by atoms with Gasteiger partial charge >= 0.3 is 12.1 Å². The van der Waals surface area contributed by atoms with Gasteiger partial charge in [0, 0.05) is 25.4 Å². The van der Waals surface area contributed by atoms with Crippen LogP contribution in [0.4, 0.5) is 10.5 Å². The minimum absolute atomic E-state index is 0.138. The number of carbonyl (C=O) groups excluding carboxylic acids is 4. The van der Waals surface area contributed by atoms with Gasteiger partial charge in [0.15, 0.2) is 0 Å². The highest BCUT2D eigenvalue weighted by Gasteiger charge is 2.50. The standard InChI is InChI=1S/C38H43N3O6/c1-38(2,3)47-37(45)41-30-17-11-10-15-27(30)23-33(41)36(44)40-31(25-12-6-5-7-13-25)19-20-32(40)35(43)39-24-28-16-9-8-14-26(28)22-29(39)18-21-34(42)46-4/h5-17,29,31-33H,18-24H2,1-4H3/t29-,31+,32-,33-/m1/s1. The van der Waals surface area contributed by atoms with E-state index in [2.05, 4.69) is 6.07 Å². The van der Waals surface area contributed by atoms with Crippen molar-refractivity contribution in [3.8, 4) is 0 Å². The Balaban J connectivity index is 1.36. The van der Waals surface area contributed by atoms with Crippen molar-refractivity contribution >= 4 is 29.6 Å².